The van der Waals surface area contributed by atoms with E-state index in [1.807, 2.05) is 25.1 Å². The minimum absolute atomic E-state index is 0.0306. The molecule has 0 bridgehead atoms. The Bertz CT molecular complexity index is 910. The Morgan fingerprint density at radius 1 is 0.960 bits per heavy atom. The molecule has 0 aliphatic carbocycles. The summed E-state index contributed by atoms with van der Waals surface area (Å²) in [7, 11) is 0. The molecule has 0 unspecified atom stereocenters. The van der Waals surface area contributed by atoms with Gasteiger partial charge in [0.15, 0.2) is 0 Å². The zero-order valence-electron chi connectivity index (χ0n) is 14.3. The molecular weight excluding hydrogens is 314 g/mol. The van der Waals surface area contributed by atoms with Crippen LogP contribution in [0.4, 0.5) is 11.4 Å². The second-order valence-corrected chi connectivity index (χ2v) is 6.08. The number of H-pyrrole nitrogens is 1. The number of aromatic nitrogens is 1. The van der Waals surface area contributed by atoms with Crippen LogP contribution >= 0.6 is 0 Å². The van der Waals surface area contributed by atoms with Gasteiger partial charge in [-0.2, -0.15) is 0 Å². The van der Waals surface area contributed by atoms with Gasteiger partial charge in [0.25, 0.3) is 0 Å². The highest BCUT2D eigenvalue weighted by Gasteiger charge is 2.10. The summed E-state index contributed by atoms with van der Waals surface area (Å²) in [6.45, 7) is 3.50. The minimum atomic E-state index is -0.120. The minimum Gasteiger partial charge on any atom is -0.358 e. The molecule has 1 heterocycles. The molecule has 25 heavy (non-hydrogen) atoms. The van der Waals surface area contributed by atoms with Crippen LogP contribution < -0.4 is 10.6 Å². The van der Waals surface area contributed by atoms with Crippen LogP contribution in [0.5, 0.6) is 0 Å². The number of hydrogen-bond acceptors (Lipinski definition) is 2. The molecule has 2 amide bonds. The Balaban J connectivity index is 1.61. The summed E-state index contributed by atoms with van der Waals surface area (Å²) in [5.41, 5.74) is 4.82. The summed E-state index contributed by atoms with van der Waals surface area (Å²) in [6.07, 6.45) is 1.10. The van der Waals surface area contributed by atoms with E-state index in [1.54, 1.807) is 24.3 Å². The van der Waals surface area contributed by atoms with Gasteiger partial charge in [-0.15, -0.1) is 0 Å². The maximum atomic E-state index is 12.2. The van der Waals surface area contributed by atoms with E-state index in [-0.39, 0.29) is 11.8 Å². The van der Waals surface area contributed by atoms with Gasteiger partial charge in [0.1, 0.15) is 0 Å². The second-order valence-electron chi connectivity index (χ2n) is 6.08. The number of amides is 2. The van der Waals surface area contributed by atoms with Crippen LogP contribution in [0.15, 0.2) is 48.5 Å². The fourth-order valence-electron chi connectivity index (χ4n) is 2.96. The molecule has 0 atom stereocenters. The maximum Gasteiger partial charge on any atom is 0.224 e. The van der Waals surface area contributed by atoms with Gasteiger partial charge < -0.3 is 15.6 Å². The summed E-state index contributed by atoms with van der Waals surface area (Å²) in [4.78, 5) is 26.6. The summed E-state index contributed by atoms with van der Waals surface area (Å²) >= 11 is 0. The molecule has 1 aromatic heterocycles. The van der Waals surface area contributed by atoms with Gasteiger partial charge >= 0.3 is 0 Å². The first-order valence-corrected chi connectivity index (χ1v) is 8.26. The molecule has 0 saturated carbocycles. The van der Waals surface area contributed by atoms with Gasteiger partial charge in [-0.05, 0) is 49.2 Å². The Morgan fingerprint density at radius 2 is 1.60 bits per heavy atom. The van der Waals surface area contributed by atoms with E-state index in [9.17, 15) is 9.59 Å². The molecule has 0 saturated heterocycles. The SMILES string of the molecule is CC(=O)Nc1ccc(NC(=O)CCc2c(C)[nH]c3ccccc23)cc1. The van der Waals surface area contributed by atoms with Crippen molar-refractivity contribution in [1.29, 1.82) is 0 Å². The number of anilines is 2. The van der Waals surface area contributed by atoms with Gasteiger partial charge in [-0.1, -0.05) is 18.2 Å². The number of nitrogens with one attached hydrogen (secondary N) is 3. The highest BCUT2D eigenvalue weighted by Crippen LogP contribution is 2.23. The van der Waals surface area contributed by atoms with Crippen LogP contribution in [-0.4, -0.2) is 16.8 Å². The average molecular weight is 335 g/mol. The van der Waals surface area contributed by atoms with Gasteiger partial charge in [-0.25, -0.2) is 0 Å². The lowest BCUT2D eigenvalue weighted by Crippen LogP contribution is -2.12. The number of rotatable bonds is 5. The smallest absolute Gasteiger partial charge is 0.224 e. The van der Waals surface area contributed by atoms with Gasteiger partial charge in [0.2, 0.25) is 11.8 Å². The Morgan fingerprint density at radius 3 is 2.28 bits per heavy atom. The normalized spacial score (nSPS) is 10.6. The molecule has 0 fully saturated rings. The lowest BCUT2D eigenvalue weighted by molar-refractivity contribution is -0.116. The maximum absolute atomic E-state index is 12.2. The third-order valence-corrected chi connectivity index (χ3v) is 4.12. The largest absolute Gasteiger partial charge is 0.358 e. The van der Waals surface area contributed by atoms with Crippen molar-refractivity contribution >= 4 is 34.1 Å². The monoisotopic (exact) mass is 335 g/mol. The van der Waals surface area contributed by atoms with Crippen LogP contribution in [0.25, 0.3) is 10.9 Å². The van der Waals surface area contributed by atoms with E-state index < -0.39 is 0 Å². The van der Waals surface area contributed by atoms with Crippen LogP contribution in [0, 0.1) is 6.92 Å². The number of aryl methyl sites for hydroxylation is 2. The summed E-state index contributed by atoms with van der Waals surface area (Å²) in [5, 5.41) is 6.76. The molecule has 2 aromatic carbocycles. The molecule has 0 aliphatic rings. The van der Waals surface area contributed by atoms with E-state index in [1.165, 1.54) is 17.9 Å². The third-order valence-electron chi connectivity index (χ3n) is 4.12. The highest BCUT2D eigenvalue weighted by molar-refractivity contribution is 5.93. The Labute approximate surface area is 146 Å². The molecule has 3 N–H and O–H groups in total. The van der Waals surface area contributed by atoms with Gasteiger partial charge in [0.05, 0.1) is 0 Å². The van der Waals surface area contributed by atoms with E-state index in [0.717, 1.165) is 16.9 Å². The number of hydrogen-bond donors (Lipinski definition) is 3. The fraction of sp³-hybridized carbons (Fsp3) is 0.200. The van der Waals surface area contributed by atoms with Crippen molar-refractivity contribution in [2.45, 2.75) is 26.7 Å². The van der Waals surface area contributed by atoms with Crippen molar-refractivity contribution in [2.75, 3.05) is 10.6 Å². The molecule has 0 radical (unpaired) electrons. The Hall–Kier alpha value is -3.08. The quantitative estimate of drug-likeness (QED) is 0.659. The molecular formula is C20H21N3O2. The molecule has 5 heteroatoms. The van der Waals surface area contributed by atoms with Crippen molar-refractivity contribution in [3.63, 3.8) is 0 Å². The standard InChI is InChI=1S/C20H21N3O2/c1-13-17(18-5-3-4-6-19(18)21-13)11-12-20(25)23-16-9-7-15(8-10-16)22-14(2)24/h3-10,21H,11-12H2,1-2H3,(H,22,24)(H,23,25). The number of carbonyl (C=O) groups is 2. The topological polar surface area (TPSA) is 74.0 Å². The van der Waals surface area contributed by atoms with Gasteiger partial charge in [0, 0.05) is 41.3 Å². The van der Waals surface area contributed by atoms with E-state index >= 15 is 0 Å². The zero-order valence-corrected chi connectivity index (χ0v) is 14.3. The van der Waals surface area contributed by atoms with Crippen molar-refractivity contribution in [3.05, 3.63) is 59.8 Å². The highest BCUT2D eigenvalue weighted by atomic mass is 16.2. The summed E-state index contributed by atoms with van der Waals surface area (Å²) in [6, 6.07) is 15.2. The van der Waals surface area contributed by atoms with E-state index in [4.69, 9.17) is 0 Å². The Kier molecular flexibility index (Phi) is 4.84. The molecule has 128 valence electrons. The number of benzene rings is 2. The van der Waals surface area contributed by atoms with Gasteiger partial charge in [-0.3, -0.25) is 9.59 Å². The lowest BCUT2D eigenvalue weighted by Gasteiger charge is -2.07. The number of para-hydroxylation sites is 1. The molecule has 3 aromatic rings. The first-order valence-electron chi connectivity index (χ1n) is 8.26. The molecule has 0 spiro atoms. The summed E-state index contributed by atoms with van der Waals surface area (Å²) < 4.78 is 0. The van der Waals surface area contributed by atoms with Crippen molar-refractivity contribution in [1.82, 2.24) is 4.98 Å². The first kappa shape index (κ1) is 16.8. The van der Waals surface area contributed by atoms with Crippen LogP contribution in [0.2, 0.25) is 0 Å². The number of fused-ring (bicyclic) bond motifs is 1. The zero-order chi connectivity index (χ0) is 17.8. The number of aromatic amines is 1. The molecule has 3 rings (SSSR count). The first-order chi connectivity index (χ1) is 12.0. The van der Waals surface area contributed by atoms with Crippen LogP contribution in [0.1, 0.15) is 24.6 Å². The third kappa shape index (κ3) is 4.07. The molecule has 0 aliphatic heterocycles. The predicted octanol–water partition coefficient (Wildman–Crippen LogP) is 4.01. The van der Waals surface area contributed by atoms with Crippen molar-refractivity contribution in [2.24, 2.45) is 0 Å². The van der Waals surface area contributed by atoms with Crippen LogP contribution in [0.3, 0.4) is 0 Å². The van der Waals surface area contributed by atoms with Crippen molar-refractivity contribution in [3.8, 4) is 0 Å². The van der Waals surface area contributed by atoms with E-state index in [0.29, 0.717) is 18.5 Å². The lowest BCUT2D eigenvalue weighted by atomic mass is 10.1. The summed E-state index contributed by atoms with van der Waals surface area (Å²) in [5.74, 6) is -0.150. The molecule has 5 nitrogen and oxygen atoms in total. The van der Waals surface area contributed by atoms with E-state index in [2.05, 4.69) is 21.7 Å². The predicted molar refractivity (Wildman–Crippen MR) is 101 cm³/mol. The van der Waals surface area contributed by atoms with Crippen LogP contribution in [-0.2, 0) is 16.0 Å². The number of carbonyl (C=O) groups excluding carboxylic acids is 2. The van der Waals surface area contributed by atoms with Crippen molar-refractivity contribution < 1.29 is 9.59 Å². The average Bonchev–Trinajstić information content (AvgIpc) is 2.89. The fourth-order valence-corrected chi connectivity index (χ4v) is 2.96. The second kappa shape index (κ2) is 7.21.